The van der Waals surface area contributed by atoms with Gasteiger partial charge in [0.2, 0.25) is 5.78 Å². The fraction of sp³-hybridized carbons (Fsp3) is 0.130. The normalized spacial score (nSPS) is 13.9. The van der Waals surface area contributed by atoms with Crippen molar-refractivity contribution < 1.29 is 23.8 Å². The molecular formula is C23H18O5S. The van der Waals surface area contributed by atoms with E-state index in [9.17, 15) is 9.59 Å². The first-order chi connectivity index (χ1) is 14.1. The van der Waals surface area contributed by atoms with Crippen molar-refractivity contribution in [2.45, 2.75) is 6.92 Å². The third kappa shape index (κ3) is 3.79. The highest BCUT2D eigenvalue weighted by atomic mass is 32.1. The number of ether oxygens (including phenoxy) is 3. The third-order valence-corrected chi connectivity index (χ3v) is 5.44. The number of benzene rings is 2. The number of allylic oxidation sites excluding steroid dienone is 1. The van der Waals surface area contributed by atoms with Crippen LogP contribution in [0.3, 0.4) is 0 Å². The second-order valence-corrected chi connectivity index (χ2v) is 7.44. The standard InChI is InChI=1S/C23H18O5S/c1-14-20(27-13-19(24)15-5-7-16(26-2)8-6-15)10-9-18-22(25)21(28-23(14)18)12-17-4-3-11-29-17/h3-12H,13H2,1-2H3/b21-12-. The summed E-state index contributed by atoms with van der Waals surface area (Å²) in [5, 5.41) is 1.94. The van der Waals surface area contributed by atoms with E-state index >= 15 is 0 Å². The topological polar surface area (TPSA) is 61.8 Å². The largest absolute Gasteiger partial charge is 0.497 e. The molecular weight excluding hydrogens is 388 g/mol. The van der Waals surface area contributed by atoms with Crippen LogP contribution in [0.4, 0.5) is 0 Å². The number of carbonyl (C=O) groups excluding carboxylic acids is 2. The number of Topliss-reactive ketones (excluding diaryl/α,β-unsaturated/α-hetero) is 2. The summed E-state index contributed by atoms with van der Waals surface area (Å²) in [7, 11) is 1.57. The number of ketones is 2. The molecule has 5 nitrogen and oxygen atoms in total. The van der Waals surface area contributed by atoms with Crippen molar-refractivity contribution in [1.29, 1.82) is 0 Å². The number of fused-ring (bicyclic) bond motifs is 1. The van der Waals surface area contributed by atoms with Crippen LogP contribution in [0.1, 0.15) is 31.2 Å². The van der Waals surface area contributed by atoms with Crippen molar-refractivity contribution in [1.82, 2.24) is 0 Å². The van der Waals surface area contributed by atoms with Gasteiger partial charge in [-0.25, -0.2) is 0 Å². The van der Waals surface area contributed by atoms with E-state index in [1.807, 2.05) is 24.4 Å². The number of hydrogen-bond acceptors (Lipinski definition) is 6. The first-order valence-corrected chi connectivity index (χ1v) is 9.86. The number of hydrogen-bond donors (Lipinski definition) is 0. The zero-order valence-corrected chi connectivity index (χ0v) is 16.7. The molecule has 2 heterocycles. The Bertz CT molecular complexity index is 1100. The lowest BCUT2D eigenvalue weighted by molar-refractivity contribution is 0.0920. The molecule has 0 radical (unpaired) electrons. The summed E-state index contributed by atoms with van der Waals surface area (Å²) in [4.78, 5) is 25.9. The Hall–Kier alpha value is -3.38. The van der Waals surface area contributed by atoms with Crippen molar-refractivity contribution in [3.63, 3.8) is 0 Å². The molecule has 6 heteroatoms. The van der Waals surface area contributed by atoms with E-state index in [0.29, 0.717) is 33.9 Å². The first kappa shape index (κ1) is 19.0. The molecule has 2 aromatic carbocycles. The number of rotatable bonds is 6. The summed E-state index contributed by atoms with van der Waals surface area (Å²) < 4.78 is 16.6. The zero-order chi connectivity index (χ0) is 20.4. The molecule has 0 saturated heterocycles. The highest BCUT2D eigenvalue weighted by Gasteiger charge is 2.30. The second-order valence-electron chi connectivity index (χ2n) is 6.46. The van der Waals surface area contributed by atoms with Gasteiger partial charge in [0, 0.05) is 22.1 Å². The van der Waals surface area contributed by atoms with Crippen LogP contribution in [0, 0.1) is 6.92 Å². The quantitative estimate of drug-likeness (QED) is 0.428. The maximum absolute atomic E-state index is 12.6. The maximum atomic E-state index is 12.6. The molecule has 0 fully saturated rings. The fourth-order valence-corrected chi connectivity index (χ4v) is 3.68. The van der Waals surface area contributed by atoms with Gasteiger partial charge in [-0.1, -0.05) is 6.07 Å². The summed E-state index contributed by atoms with van der Waals surface area (Å²) in [5.74, 6) is 1.66. The zero-order valence-electron chi connectivity index (χ0n) is 15.9. The van der Waals surface area contributed by atoms with Gasteiger partial charge in [-0.05, 0) is 54.8 Å². The van der Waals surface area contributed by atoms with E-state index in [0.717, 1.165) is 4.88 Å². The fourth-order valence-electron chi connectivity index (χ4n) is 3.03. The summed E-state index contributed by atoms with van der Waals surface area (Å²) >= 11 is 1.53. The van der Waals surface area contributed by atoms with Gasteiger partial charge in [-0.15, -0.1) is 11.3 Å². The summed E-state index contributed by atoms with van der Waals surface area (Å²) in [6.07, 6.45) is 1.74. The molecule has 0 saturated carbocycles. The minimum absolute atomic E-state index is 0.113. The van der Waals surface area contributed by atoms with Crippen LogP contribution in [-0.2, 0) is 0 Å². The van der Waals surface area contributed by atoms with Crippen LogP contribution in [0.5, 0.6) is 17.2 Å². The number of thiophene rings is 1. The molecule has 0 unspecified atom stereocenters. The van der Waals surface area contributed by atoms with Gasteiger partial charge in [0.15, 0.2) is 18.1 Å². The molecule has 0 atom stereocenters. The van der Waals surface area contributed by atoms with Crippen LogP contribution in [0.15, 0.2) is 59.7 Å². The van der Waals surface area contributed by atoms with E-state index in [-0.39, 0.29) is 23.9 Å². The molecule has 146 valence electrons. The van der Waals surface area contributed by atoms with E-state index in [4.69, 9.17) is 14.2 Å². The summed E-state index contributed by atoms with van der Waals surface area (Å²) in [6.45, 7) is 1.70. The Kier molecular flexibility index (Phi) is 5.18. The molecule has 3 aromatic rings. The average molecular weight is 406 g/mol. The van der Waals surface area contributed by atoms with Gasteiger partial charge in [-0.3, -0.25) is 9.59 Å². The van der Waals surface area contributed by atoms with Crippen LogP contribution in [0.25, 0.3) is 6.08 Å². The number of methoxy groups -OCH3 is 1. The van der Waals surface area contributed by atoms with Crippen molar-refractivity contribution in [3.05, 3.63) is 81.2 Å². The van der Waals surface area contributed by atoms with Gasteiger partial charge < -0.3 is 14.2 Å². The molecule has 1 aromatic heterocycles. The Morgan fingerprint density at radius 2 is 1.93 bits per heavy atom. The highest BCUT2D eigenvalue weighted by molar-refractivity contribution is 7.10. The third-order valence-electron chi connectivity index (χ3n) is 4.62. The predicted molar refractivity (Wildman–Crippen MR) is 111 cm³/mol. The Balaban J connectivity index is 1.50. The second kappa shape index (κ2) is 7.93. The molecule has 0 N–H and O–H groups in total. The smallest absolute Gasteiger partial charge is 0.232 e. The van der Waals surface area contributed by atoms with Crippen molar-refractivity contribution in [2.75, 3.05) is 13.7 Å². The Morgan fingerprint density at radius 1 is 1.14 bits per heavy atom. The summed E-state index contributed by atoms with van der Waals surface area (Å²) in [5.41, 5.74) is 1.73. The van der Waals surface area contributed by atoms with Crippen molar-refractivity contribution in [3.8, 4) is 17.2 Å². The van der Waals surface area contributed by atoms with Crippen molar-refractivity contribution >= 4 is 29.0 Å². The highest BCUT2D eigenvalue weighted by Crippen LogP contribution is 2.39. The van der Waals surface area contributed by atoms with Crippen LogP contribution in [-0.4, -0.2) is 25.3 Å². The van der Waals surface area contributed by atoms with Crippen LogP contribution in [0.2, 0.25) is 0 Å². The average Bonchev–Trinajstić information content (AvgIpc) is 3.36. The molecule has 0 aliphatic carbocycles. The molecule has 0 bridgehead atoms. The maximum Gasteiger partial charge on any atom is 0.232 e. The van der Waals surface area contributed by atoms with Crippen LogP contribution < -0.4 is 14.2 Å². The molecule has 29 heavy (non-hydrogen) atoms. The van der Waals surface area contributed by atoms with Gasteiger partial charge in [0.05, 0.1) is 12.7 Å². The van der Waals surface area contributed by atoms with Gasteiger partial charge in [0.25, 0.3) is 0 Å². The molecule has 1 aliphatic rings. The Morgan fingerprint density at radius 3 is 2.62 bits per heavy atom. The molecule has 4 rings (SSSR count). The molecule has 1 aliphatic heterocycles. The van der Waals surface area contributed by atoms with E-state index < -0.39 is 0 Å². The van der Waals surface area contributed by atoms with Crippen molar-refractivity contribution in [2.24, 2.45) is 0 Å². The minimum atomic E-state index is -0.155. The monoisotopic (exact) mass is 406 g/mol. The summed E-state index contributed by atoms with van der Waals surface area (Å²) in [6, 6.07) is 14.1. The SMILES string of the molecule is COc1ccc(C(=O)COc2ccc3c(c2C)O/C(=C\c2cccs2)C3=O)cc1. The lowest BCUT2D eigenvalue weighted by Crippen LogP contribution is -2.12. The van der Waals surface area contributed by atoms with E-state index in [1.165, 1.54) is 11.3 Å². The molecule has 0 spiro atoms. The van der Waals surface area contributed by atoms with Crippen LogP contribution >= 0.6 is 11.3 Å². The lowest BCUT2D eigenvalue weighted by Gasteiger charge is -2.11. The first-order valence-electron chi connectivity index (χ1n) is 8.98. The van der Waals surface area contributed by atoms with Gasteiger partial charge in [-0.2, -0.15) is 0 Å². The number of carbonyl (C=O) groups is 2. The Labute approximate surface area is 172 Å². The predicted octanol–water partition coefficient (Wildman–Crippen LogP) is 4.94. The minimum Gasteiger partial charge on any atom is -0.497 e. The van der Waals surface area contributed by atoms with E-state index in [1.54, 1.807) is 49.6 Å². The lowest BCUT2D eigenvalue weighted by atomic mass is 10.1. The van der Waals surface area contributed by atoms with Gasteiger partial charge in [0.1, 0.15) is 17.2 Å². The molecule has 0 amide bonds. The van der Waals surface area contributed by atoms with Gasteiger partial charge >= 0.3 is 0 Å². The van der Waals surface area contributed by atoms with E-state index in [2.05, 4.69) is 0 Å².